The van der Waals surface area contributed by atoms with Crippen LogP contribution in [0.3, 0.4) is 0 Å². The number of para-hydroxylation sites is 1. The molecule has 1 spiro atoms. The van der Waals surface area contributed by atoms with Crippen molar-refractivity contribution in [1.29, 1.82) is 0 Å². The monoisotopic (exact) mass is 808 g/mol. The van der Waals surface area contributed by atoms with Crippen molar-refractivity contribution in [3.63, 3.8) is 0 Å². The maximum Gasteiger partial charge on any atom is 0.0834 e. The molecule has 5 aromatic carbocycles. The third-order valence-corrected chi connectivity index (χ3v) is 16.5. The minimum absolute atomic E-state index is 0.0596. The van der Waals surface area contributed by atoms with E-state index in [1.54, 1.807) is 28.0 Å². The van der Waals surface area contributed by atoms with Crippen LogP contribution in [-0.2, 0) is 5.41 Å². The third-order valence-electron chi connectivity index (χ3n) is 15.0. The van der Waals surface area contributed by atoms with Gasteiger partial charge in [-0.25, -0.2) is 0 Å². The van der Waals surface area contributed by atoms with Crippen LogP contribution in [-0.4, -0.2) is 17.3 Å². The van der Waals surface area contributed by atoms with Gasteiger partial charge >= 0.3 is 0 Å². The first-order valence-electron chi connectivity index (χ1n) is 22.7. The van der Waals surface area contributed by atoms with Crippen LogP contribution >= 0.6 is 11.8 Å². The van der Waals surface area contributed by atoms with E-state index in [1.807, 2.05) is 11.8 Å². The van der Waals surface area contributed by atoms with Crippen LogP contribution in [0.1, 0.15) is 98.1 Å². The topological polar surface area (TPSA) is 6.48 Å². The van der Waals surface area contributed by atoms with Crippen LogP contribution in [0.2, 0.25) is 0 Å². The van der Waals surface area contributed by atoms with E-state index < -0.39 is 0 Å². The maximum absolute atomic E-state index is 4.41. The number of fused-ring (bicyclic) bond motifs is 6. The van der Waals surface area contributed by atoms with Gasteiger partial charge < -0.3 is 9.80 Å². The van der Waals surface area contributed by atoms with Gasteiger partial charge in [0, 0.05) is 39.5 Å². The van der Waals surface area contributed by atoms with Crippen molar-refractivity contribution >= 4 is 53.1 Å². The summed E-state index contributed by atoms with van der Waals surface area (Å²) in [4.78, 5) is 6.62. The molecular weight excluding hydrogens is 757 g/mol. The van der Waals surface area contributed by atoms with Crippen LogP contribution in [0.25, 0.3) is 46.6 Å². The van der Waals surface area contributed by atoms with Crippen LogP contribution in [0.15, 0.2) is 162 Å². The van der Waals surface area contributed by atoms with Crippen LogP contribution < -0.4 is 9.80 Å². The highest BCUT2D eigenvalue weighted by atomic mass is 32.2. The summed E-state index contributed by atoms with van der Waals surface area (Å²) >= 11 is 2.02. The Morgan fingerprint density at radius 2 is 1.54 bits per heavy atom. The highest BCUT2D eigenvalue weighted by Crippen LogP contribution is 2.63. The van der Waals surface area contributed by atoms with Crippen molar-refractivity contribution in [2.45, 2.75) is 85.8 Å². The Morgan fingerprint density at radius 3 is 2.38 bits per heavy atom. The maximum atomic E-state index is 4.41. The molecule has 0 amide bonds. The number of benzene rings is 5. The molecule has 0 aromatic heterocycles. The minimum atomic E-state index is -0.0596. The number of rotatable bonds is 7. The summed E-state index contributed by atoms with van der Waals surface area (Å²) in [6.07, 6.45) is 33.8. The van der Waals surface area contributed by atoms with Gasteiger partial charge in [-0.3, -0.25) is 0 Å². The SMILES string of the molecule is C=Cc1c(N2c3ccccc3SC3C4=CC=CC32C4)ccc(-c2ccc(/C=C/c3ccc4c(c3)C3(CCCC3)c3cc(N5CCCC6=C5CCC=C6)ccc3-4)cc2)c1/C=C\C. The summed E-state index contributed by atoms with van der Waals surface area (Å²) in [6, 6.07) is 37.4. The van der Waals surface area contributed by atoms with Crippen molar-refractivity contribution in [2.75, 3.05) is 16.3 Å². The number of nitrogens with zero attached hydrogens (tertiary/aromatic N) is 2. The van der Waals surface area contributed by atoms with Crippen LogP contribution in [0.5, 0.6) is 0 Å². The average Bonchev–Trinajstić information content (AvgIpc) is 3.91. The van der Waals surface area contributed by atoms with E-state index in [-0.39, 0.29) is 11.0 Å². The molecule has 3 heteroatoms. The first-order chi connectivity index (χ1) is 30.1. The van der Waals surface area contributed by atoms with Crippen molar-refractivity contribution in [3.05, 3.63) is 190 Å². The van der Waals surface area contributed by atoms with E-state index in [2.05, 4.69) is 181 Å². The number of hydrogen-bond donors (Lipinski definition) is 0. The second-order valence-corrected chi connectivity index (χ2v) is 19.3. The van der Waals surface area contributed by atoms with E-state index in [1.165, 1.54) is 111 Å². The lowest BCUT2D eigenvalue weighted by atomic mass is 9.66. The molecule has 2 atom stereocenters. The Hall–Kier alpha value is -5.77. The highest BCUT2D eigenvalue weighted by Gasteiger charge is 2.58. The van der Waals surface area contributed by atoms with Gasteiger partial charge in [-0.1, -0.05) is 152 Å². The van der Waals surface area contributed by atoms with Gasteiger partial charge in [-0.15, -0.1) is 11.8 Å². The number of anilines is 3. The molecule has 0 saturated heterocycles. The first-order valence-corrected chi connectivity index (χ1v) is 23.6. The largest absolute Gasteiger partial charge is 0.345 e. The lowest BCUT2D eigenvalue weighted by Gasteiger charge is -2.61. The van der Waals surface area contributed by atoms with Gasteiger partial charge in [-0.2, -0.15) is 0 Å². The van der Waals surface area contributed by atoms with Crippen molar-refractivity contribution in [1.82, 2.24) is 0 Å². The molecule has 2 aliphatic heterocycles. The number of hydrogen-bond acceptors (Lipinski definition) is 3. The standard InChI is InChI=1S/C58H52N2S/c1-3-13-47-45(4-2)53(60-54-18-7-8-19-55(54)61-56-43-15-11-34-58(56,60)38-43)31-30-46(47)41-25-22-39(23-26-41)20-21-40-24-28-48-49-29-27-44(59-35-12-16-42-14-5-6-17-52(42)59)37-51(49)57(50(48)36-40)32-9-10-33-57/h3-5,7-8,11,13-15,18-31,34,36-37,56H,2,6,9-10,12,16-17,32-33,35,38H2,1H3/b13-3-,21-20+. The summed E-state index contributed by atoms with van der Waals surface area (Å²) in [7, 11) is 0. The predicted molar refractivity (Wildman–Crippen MR) is 262 cm³/mol. The van der Waals surface area contributed by atoms with Gasteiger partial charge in [0.25, 0.3) is 0 Å². The Kier molecular flexibility index (Phi) is 8.75. The van der Waals surface area contributed by atoms with Gasteiger partial charge in [0.1, 0.15) is 0 Å². The zero-order valence-electron chi connectivity index (χ0n) is 35.2. The Labute approximate surface area is 366 Å². The zero-order chi connectivity index (χ0) is 40.7. The lowest BCUT2D eigenvalue weighted by Crippen LogP contribution is -2.63. The van der Waals surface area contributed by atoms with Crippen LogP contribution in [0.4, 0.5) is 17.1 Å². The summed E-state index contributed by atoms with van der Waals surface area (Å²) in [5.41, 5.74) is 22.0. The molecule has 2 saturated carbocycles. The first kappa shape index (κ1) is 37.0. The minimum Gasteiger partial charge on any atom is -0.345 e. The van der Waals surface area contributed by atoms with E-state index in [4.69, 9.17) is 0 Å². The number of thioether (sulfide) groups is 1. The molecule has 2 heterocycles. The molecule has 5 aromatic rings. The Balaban J connectivity index is 0.843. The highest BCUT2D eigenvalue weighted by molar-refractivity contribution is 8.00. The van der Waals surface area contributed by atoms with E-state index in [9.17, 15) is 0 Å². The van der Waals surface area contributed by atoms with Gasteiger partial charge in [0.05, 0.1) is 16.5 Å². The molecule has 0 N–H and O–H groups in total. The summed E-state index contributed by atoms with van der Waals surface area (Å²) in [5.74, 6) is 0. The molecule has 7 aliphatic rings. The van der Waals surface area contributed by atoms with Gasteiger partial charge in [0.15, 0.2) is 0 Å². The second kappa shape index (κ2) is 14.4. The van der Waals surface area contributed by atoms with E-state index >= 15 is 0 Å². The molecule has 2 fully saturated rings. The molecule has 2 nitrogen and oxygen atoms in total. The third kappa shape index (κ3) is 5.62. The van der Waals surface area contributed by atoms with E-state index in [0.717, 1.165) is 19.4 Å². The van der Waals surface area contributed by atoms with Crippen molar-refractivity contribution in [2.24, 2.45) is 0 Å². The van der Waals surface area contributed by atoms with Crippen molar-refractivity contribution < 1.29 is 0 Å². The van der Waals surface area contributed by atoms with E-state index in [0.29, 0.717) is 5.25 Å². The molecule has 300 valence electrons. The molecule has 2 bridgehead atoms. The summed E-state index contributed by atoms with van der Waals surface area (Å²) in [5, 5.41) is 0.436. The van der Waals surface area contributed by atoms with Crippen molar-refractivity contribution in [3.8, 4) is 22.3 Å². The fraction of sp³-hybridized carbons (Fsp3) is 0.241. The smallest absolute Gasteiger partial charge is 0.0834 e. The fourth-order valence-corrected chi connectivity index (χ4v) is 13.7. The van der Waals surface area contributed by atoms with Crippen LogP contribution in [0, 0.1) is 0 Å². The molecule has 5 aliphatic carbocycles. The number of allylic oxidation sites excluding steroid dienone is 7. The van der Waals surface area contributed by atoms with Gasteiger partial charge in [0.2, 0.25) is 0 Å². The molecule has 61 heavy (non-hydrogen) atoms. The zero-order valence-corrected chi connectivity index (χ0v) is 36.0. The second-order valence-electron chi connectivity index (χ2n) is 18.2. The molecule has 12 rings (SSSR count). The average molecular weight is 809 g/mol. The summed E-state index contributed by atoms with van der Waals surface area (Å²) < 4.78 is 0. The normalized spacial score (nSPS) is 22.6. The molecule has 2 unspecified atom stereocenters. The quantitative estimate of drug-likeness (QED) is 0.151. The molecule has 0 radical (unpaired) electrons. The predicted octanol–water partition coefficient (Wildman–Crippen LogP) is 15.5. The Morgan fingerprint density at radius 1 is 0.754 bits per heavy atom. The lowest BCUT2D eigenvalue weighted by molar-refractivity contribution is 0.410. The van der Waals surface area contributed by atoms with Gasteiger partial charge in [-0.05, 0) is 138 Å². The Bertz CT molecular complexity index is 2840. The fourth-order valence-electron chi connectivity index (χ4n) is 12.2. The summed E-state index contributed by atoms with van der Waals surface area (Å²) in [6.45, 7) is 7.66. The molecular formula is C58H52N2S.